The number of benzene rings is 1. The molecule has 0 unspecified atom stereocenters. The number of nitrogens with one attached hydrogen (secondary N) is 2. The molecule has 0 aliphatic heterocycles. The average Bonchev–Trinajstić information content (AvgIpc) is 2.25. The molecule has 0 spiro atoms. The van der Waals surface area contributed by atoms with Gasteiger partial charge in [0.05, 0.1) is 0 Å². The molecule has 0 saturated heterocycles. The van der Waals surface area contributed by atoms with E-state index < -0.39 is 0 Å². The standard InChI is InChI=1S/C12H19N2/c1-2-3-7-10-13-14-11-12-8-5-4-6-9-12/h4-6,8-10,13-14H,2-3,7,11H2,1H3. The van der Waals surface area contributed by atoms with Crippen LogP contribution in [0.25, 0.3) is 0 Å². The van der Waals surface area contributed by atoms with Crippen LogP contribution in [0.4, 0.5) is 0 Å². The molecular weight excluding hydrogens is 172 g/mol. The molecule has 0 bridgehead atoms. The molecule has 1 radical (unpaired) electrons. The summed E-state index contributed by atoms with van der Waals surface area (Å²) in [6, 6.07) is 10.4. The van der Waals surface area contributed by atoms with E-state index in [1.165, 1.54) is 18.4 Å². The zero-order valence-corrected chi connectivity index (χ0v) is 8.79. The van der Waals surface area contributed by atoms with E-state index in [4.69, 9.17) is 0 Å². The van der Waals surface area contributed by atoms with Gasteiger partial charge in [0.2, 0.25) is 0 Å². The third kappa shape index (κ3) is 5.00. The predicted molar refractivity (Wildman–Crippen MR) is 60.2 cm³/mol. The van der Waals surface area contributed by atoms with Crippen molar-refractivity contribution in [3.05, 3.63) is 42.4 Å². The van der Waals surface area contributed by atoms with Crippen molar-refractivity contribution in [3.8, 4) is 0 Å². The van der Waals surface area contributed by atoms with Crippen molar-refractivity contribution >= 4 is 0 Å². The van der Waals surface area contributed by atoms with Crippen molar-refractivity contribution in [2.75, 3.05) is 0 Å². The molecule has 1 aromatic carbocycles. The van der Waals surface area contributed by atoms with E-state index in [-0.39, 0.29) is 0 Å². The molecule has 2 heteroatoms. The van der Waals surface area contributed by atoms with Gasteiger partial charge in [-0.25, -0.2) is 0 Å². The monoisotopic (exact) mass is 191 g/mol. The molecule has 14 heavy (non-hydrogen) atoms. The molecule has 0 aliphatic carbocycles. The zero-order chi connectivity index (χ0) is 10.1. The summed E-state index contributed by atoms with van der Waals surface area (Å²) in [7, 11) is 0. The van der Waals surface area contributed by atoms with Crippen molar-refractivity contribution < 1.29 is 0 Å². The maximum atomic E-state index is 3.16. The summed E-state index contributed by atoms with van der Waals surface area (Å²) in [6.45, 7) is 5.14. The van der Waals surface area contributed by atoms with Crippen molar-refractivity contribution in [2.45, 2.75) is 32.7 Å². The molecule has 77 valence electrons. The van der Waals surface area contributed by atoms with Crippen LogP contribution < -0.4 is 10.9 Å². The van der Waals surface area contributed by atoms with Gasteiger partial charge in [0.25, 0.3) is 0 Å². The van der Waals surface area contributed by atoms with Gasteiger partial charge in [-0.05, 0) is 12.0 Å². The highest BCUT2D eigenvalue weighted by molar-refractivity contribution is 5.13. The van der Waals surface area contributed by atoms with E-state index in [1.807, 2.05) is 6.07 Å². The lowest BCUT2D eigenvalue weighted by Crippen LogP contribution is -2.28. The Kier molecular flexibility index (Phi) is 6.04. The molecule has 1 aromatic rings. The molecule has 2 N–H and O–H groups in total. The molecule has 1 rings (SSSR count). The van der Waals surface area contributed by atoms with Crippen LogP contribution in [0.2, 0.25) is 0 Å². The van der Waals surface area contributed by atoms with Gasteiger partial charge < -0.3 is 0 Å². The van der Waals surface area contributed by atoms with Crippen molar-refractivity contribution in [1.29, 1.82) is 0 Å². The minimum Gasteiger partial charge on any atom is -0.253 e. The highest BCUT2D eigenvalue weighted by Gasteiger charge is 1.89. The van der Waals surface area contributed by atoms with Crippen molar-refractivity contribution in [1.82, 2.24) is 10.9 Å². The Balaban J connectivity index is 1.99. The maximum absolute atomic E-state index is 3.16. The van der Waals surface area contributed by atoms with Gasteiger partial charge in [0, 0.05) is 13.1 Å². The van der Waals surface area contributed by atoms with Gasteiger partial charge in [-0.2, -0.15) is 0 Å². The first-order valence-corrected chi connectivity index (χ1v) is 5.27. The number of hydrogen-bond donors (Lipinski definition) is 2. The lowest BCUT2D eigenvalue weighted by Gasteiger charge is -2.05. The summed E-state index contributed by atoms with van der Waals surface area (Å²) < 4.78 is 0. The Labute approximate surface area is 86.7 Å². The normalized spacial score (nSPS) is 10.4. The van der Waals surface area contributed by atoms with Crippen LogP contribution in [-0.4, -0.2) is 0 Å². The molecular formula is C12H19N2. The Morgan fingerprint density at radius 3 is 2.71 bits per heavy atom. The highest BCUT2D eigenvalue weighted by atomic mass is 15.3. The SMILES string of the molecule is CCCC[CH]NNCc1ccccc1. The highest BCUT2D eigenvalue weighted by Crippen LogP contribution is 1.97. The topological polar surface area (TPSA) is 24.1 Å². The van der Waals surface area contributed by atoms with Gasteiger partial charge in [0.15, 0.2) is 0 Å². The Hall–Kier alpha value is -0.860. The molecule has 0 aromatic heterocycles. The molecule has 0 saturated carbocycles. The summed E-state index contributed by atoms with van der Waals surface area (Å²) >= 11 is 0. The van der Waals surface area contributed by atoms with Crippen LogP contribution in [0.3, 0.4) is 0 Å². The molecule has 0 amide bonds. The van der Waals surface area contributed by atoms with E-state index in [9.17, 15) is 0 Å². The van der Waals surface area contributed by atoms with E-state index >= 15 is 0 Å². The zero-order valence-electron chi connectivity index (χ0n) is 8.79. The van der Waals surface area contributed by atoms with Crippen LogP contribution in [0.1, 0.15) is 31.7 Å². The number of hydrogen-bond acceptors (Lipinski definition) is 2. The Morgan fingerprint density at radius 1 is 1.21 bits per heavy atom. The summed E-state index contributed by atoms with van der Waals surface area (Å²) in [4.78, 5) is 0. The average molecular weight is 191 g/mol. The minimum absolute atomic E-state index is 0.865. The largest absolute Gasteiger partial charge is 0.253 e. The second-order valence-corrected chi connectivity index (χ2v) is 3.33. The lowest BCUT2D eigenvalue weighted by molar-refractivity contribution is 0.563. The van der Waals surface area contributed by atoms with E-state index in [1.54, 1.807) is 0 Å². The van der Waals surface area contributed by atoms with E-state index in [2.05, 4.69) is 48.6 Å². The number of rotatable bonds is 7. The fourth-order valence-corrected chi connectivity index (χ4v) is 1.20. The Morgan fingerprint density at radius 2 is 2.00 bits per heavy atom. The number of hydrazine groups is 1. The summed E-state index contributed by atoms with van der Waals surface area (Å²) in [5.41, 5.74) is 7.54. The summed E-state index contributed by atoms with van der Waals surface area (Å²) in [5, 5.41) is 0. The van der Waals surface area contributed by atoms with Crippen LogP contribution in [0, 0.1) is 6.54 Å². The van der Waals surface area contributed by atoms with Crippen LogP contribution in [0.5, 0.6) is 0 Å². The van der Waals surface area contributed by atoms with Crippen molar-refractivity contribution in [3.63, 3.8) is 0 Å². The van der Waals surface area contributed by atoms with Crippen LogP contribution in [0.15, 0.2) is 30.3 Å². The summed E-state index contributed by atoms with van der Waals surface area (Å²) in [6.07, 6.45) is 3.62. The van der Waals surface area contributed by atoms with E-state index in [0.717, 1.165) is 13.0 Å². The molecule has 0 heterocycles. The van der Waals surface area contributed by atoms with Gasteiger partial charge in [-0.3, -0.25) is 10.9 Å². The van der Waals surface area contributed by atoms with Gasteiger partial charge in [0.1, 0.15) is 0 Å². The lowest BCUT2D eigenvalue weighted by atomic mass is 10.2. The quantitative estimate of drug-likeness (QED) is 0.511. The molecule has 0 fully saturated rings. The van der Waals surface area contributed by atoms with Gasteiger partial charge in [-0.1, -0.05) is 50.1 Å². The molecule has 0 aliphatic rings. The third-order valence-corrected chi connectivity index (χ3v) is 2.04. The maximum Gasteiger partial charge on any atom is 0.0380 e. The van der Waals surface area contributed by atoms with Crippen molar-refractivity contribution in [2.24, 2.45) is 0 Å². The third-order valence-electron chi connectivity index (χ3n) is 2.04. The first-order chi connectivity index (χ1) is 6.93. The number of unbranched alkanes of at least 4 members (excludes halogenated alkanes) is 2. The van der Waals surface area contributed by atoms with E-state index in [0.29, 0.717) is 0 Å². The fraction of sp³-hybridized carbons (Fsp3) is 0.417. The Bertz CT molecular complexity index is 221. The smallest absolute Gasteiger partial charge is 0.0380 e. The van der Waals surface area contributed by atoms with Gasteiger partial charge in [-0.15, -0.1) is 0 Å². The predicted octanol–water partition coefficient (Wildman–Crippen LogP) is 2.63. The molecule has 2 nitrogen and oxygen atoms in total. The fourth-order valence-electron chi connectivity index (χ4n) is 1.20. The first-order valence-electron chi connectivity index (χ1n) is 5.27. The second kappa shape index (κ2) is 7.54. The molecule has 0 atom stereocenters. The van der Waals surface area contributed by atoms with Crippen LogP contribution >= 0.6 is 0 Å². The minimum atomic E-state index is 0.865. The first kappa shape index (κ1) is 11.2. The van der Waals surface area contributed by atoms with Crippen LogP contribution in [-0.2, 0) is 6.54 Å². The second-order valence-electron chi connectivity index (χ2n) is 3.33. The summed E-state index contributed by atoms with van der Waals surface area (Å²) in [5.74, 6) is 0. The van der Waals surface area contributed by atoms with Gasteiger partial charge >= 0.3 is 0 Å².